The van der Waals surface area contributed by atoms with Gasteiger partial charge in [-0.15, -0.1) is 0 Å². The summed E-state index contributed by atoms with van der Waals surface area (Å²) in [5, 5.41) is 8.88. The van der Waals surface area contributed by atoms with E-state index in [-0.39, 0.29) is 11.5 Å². The molecule has 3 rings (SSSR count). The van der Waals surface area contributed by atoms with Gasteiger partial charge in [-0.3, -0.25) is 4.79 Å². The van der Waals surface area contributed by atoms with Crippen molar-refractivity contribution in [2.75, 3.05) is 13.1 Å². The number of aromatic carboxylic acids is 1. The van der Waals surface area contributed by atoms with E-state index in [2.05, 4.69) is 0 Å². The molecule has 0 bridgehead atoms. The van der Waals surface area contributed by atoms with Crippen LogP contribution in [-0.4, -0.2) is 35.0 Å². The number of carbonyl (C=O) groups excluding carboxylic acids is 1. The number of amides is 1. The van der Waals surface area contributed by atoms with Crippen LogP contribution in [0.4, 0.5) is 4.39 Å². The van der Waals surface area contributed by atoms with Gasteiger partial charge in [0.1, 0.15) is 5.82 Å². The van der Waals surface area contributed by atoms with Gasteiger partial charge in [0.15, 0.2) is 0 Å². The molecule has 1 amide bonds. The third-order valence-electron chi connectivity index (χ3n) is 4.04. The summed E-state index contributed by atoms with van der Waals surface area (Å²) in [4.78, 5) is 25.1. The van der Waals surface area contributed by atoms with Crippen molar-refractivity contribution >= 4 is 11.9 Å². The average Bonchev–Trinajstić information content (AvgIpc) is 3.08. The molecule has 1 N–H and O–H groups in total. The smallest absolute Gasteiger partial charge is 0.338 e. The Kier molecular flexibility index (Phi) is 4.10. The highest BCUT2D eigenvalue weighted by Crippen LogP contribution is 2.24. The highest BCUT2D eigenvalue weighted by molar-refractivity contribution is 5.95. The molecule has 0 radical (unpaired) electrons. The fourth-order valence-corrected chi connectivity index (χ4v) is 2.80. The van der Waals surface area contributed by atoms with Gasteiger partial charge in [0, 0.05) is 18.7 Å². The number of carbonyl (C=O) groups is 2. The number of benzene rings is 2. The number of carboxylic acids is 1. The first-order chi connectivity index (χ1) is 11.1. The van der Waals surface area contributed by atoms with Crippen molar-refractivity contribution in [2.24, 2.45) is 0 Å². The third kappa shape index (κ3) is 3.08. The molecule has 1 heterocycles. The van der Waals surface area contributed by atoms with Gasteiger partial charge in [-0.2, -0.15) is 0 Å². The molecule has 0 unspecified atom stereocenters. The van der Waals surface area contributed by atoms with Crippen molar-refractivity contribution in [2.45, 2.75) is 12.8 Å². The van der Waals surface area contributed by atoms with E-state index in [4.69, 9.17) is 5.11 Å². The van der Waals surface area contributed by atoms with Gasteiger partial charge >= 0.3 is 5.97 Å². The number of hydrogen-bond acceptors (Lipinski definition) is 2. The maximum Gasteiger partial charge on any atom is 0.338 e. The summed E-state index contributed by atoms with van der Waals surface area (Å²) >= 11 is 0. The fraction of sp³-hybridized carbons (Fsp3) is 0.222. The summed E-state index contributed by atoms with van der Waals surface area (Å²) in [6.45, 7) is 1.54. The maximum atomic E-state index is 13.8. The van der Waals surface area contributed by atoms with Crippen LogP contribution in [0.5, 0.6) is 0 Å². The topological polar surface area (TPSA) is 57.6 Å². The van der Waals surface area contributed by atoms with Crippen LogP contribution in [0.3, 0.4) is 0 Å². The molecule has 2 aromatic carbocycles. The normalized spacial score (nSPS) is 14.0. The van der Waals surface area contributed by atoms with Crippen molar-refractivity contribution in [1.82, 2.24) is 4.90 Å². The summed E-state index contributed by atoms with van der Waals surface area (Å²) in [6.07, 6.45) is 2.04. The molecular weight excluding hydrogens is 297 g/mol. The lowest BCUT2D eigenvalue weighted by Gasteiger charge is -2.15. The van der Waals surface area contributed by atoms with Crippen molar-refractivity contribution in [3.8, 4) is 11.1 Å². The van der Waals surface area contributed by atoms with E-state index in [0.29, 0.717) is 16.7 Å². The lowest BCUT2D eigenvalue weighted by atomic mass is 10.0. The van der Waals surface area contributed by atoms with E-state index in [1.54, 1.807) is 30.3 Å². The van der Waals surface area contributed by atoms with E-state index in [1.807, 2.05) is 4.90 Å². The predicted molar refractivity (Wildman–Crippen MR) is 83.9 cm³/mol. The molecular formula is C18H16FNO3. The molecule has 4 nitrogen and oxygen atoms in total. The molecule has 5 heteroatoms. The van der Waals surface area contributed by atoms with Gasteiger partial charge in [0.25, 0.3) is 5.91 Å². The molecule has 1 fully saturated rings. The van der Waals surface area contributed by atoms with Crippen molar-refractivity contribution < 1.29 is 19.1 Å². The zero-order valence-corrected chi connectivity index (χ0v) is 12.5. The largest absolute Gasteiger partial charge is 0.478 e. The first kappa shape index (κ1) is 15.2. The molecule has 1 aliphatic rings. The van der Waals surface area contributed by atoms with Crippen molar-refractivity contribution in [3.05, 3.63) is 59.4 Å². The van der Waals surface area contributed by atoms with E-state index >= 15 is 0 Å². The van der Waals surface area contributed by atoms with Crippen LogP contribution < -0.4 is 0 Å². The molecule has 2 aromatic rings. The Balaban J connectivity index is 1.92. The number of rotatable bonds is 3. The van der Waals surface area contributed by atoms with Crippen LogP contribution in [0.25, 0.3) is 11.1 Å². The molecule has 23 heavy (non-hydrogen) atoms. The van der Waals surface area contributed by atoms with E-state index in [9.17, 15) is 14.0 Å². The molecule has 0 aromatic heterocycles. The van der Waals surface area contributed by atoms with Crippen LogP contribution in [-0.2, 0) is 0 Å². The van der Waals surface area contributed by atoms with Gasteiger partial charge in [-0.1, -0.05) is 18.2 Å². The molecule has 0 aliphatic carbocycles. The number of carboxylic acid groups (broad SMARTS) is 1. The summed E-state index contributed by atoms with van der Waals surface area (Å²) in [5.74, 6) is -2.11. The quantitative estimate of drug-likeness (QED) is 0.944. The van der Waals surface area contributed by atoms with Crippen LogP contribution in [0.2, 0.25) is 0 Å². The van der Waals surface area contributed by atoms with E-state index < -0.39 is 11.8 Å². The minimum atomic E-state index is -1.30. The Hall–Kier alpha value is -2.69. The number of hydrogen-bond donors (Lipinski definition) is 1. The summed E-state index contributed by atoms with van der Waals surface area (Å²) in [6, 6.07) is 11.0. The molecule has 0 atom stereocenters. The number of halogens is 1. The first-order valence-electron chi connectivity index (χ1n) is 7.49. The van der Waals surface area contributed by atoms with Gasteiger partial charge in [-0.05, 0) is 48.2 Å². The zero-order chi connectivity index (χ0) is 16.4. The van der Waals surface area contributed by atoms with Gasteiger partial charge in [0.05, 0.1) is 5.56 Å². The standard InChI is InChI=1S/C18H16FNO3/c19-16-11-13(6-7-15(16)18(22)23)12-4-3-5-14(10-12)17(21)20-8-1-2-9-20/h3-7,10-11H,1-2,8-9H2,(H,22,23). The molecule has 1 saturated heterocycles. The van der Waals surface area contributed by atoms with Gasteiger partial charge in [0.2, 0.25) is 0 Å². The molecule has 0 saturated carbocycles. The third-order valence-corrected chi connectivity index (χ3v) is 4.04. The number of nitrogens with zero attached hydrogens (tertiary/aromatic N) is 1. The van der Waals surface area contributed by atoms with Gasteiger partial charge < -0.3 is 10.0 Å². The summed E-state index contributed by atoms with van der Waals surface area (Å²) in [5.41, 5.74) is 1.43. The Bertz CT molecular complexity index is 767. The van der Waals surface area contributed by atoms with Crippen molar-refractivity contribution in [3.63, 3.8) is 0 Å². The van der Waals surface area contributed by atoms with E-state index in [0.717, 1.165) is 25.9 Å². The second kappa shape index (κ2) is 6.20. The Morgan fingerprint density at radius 1 is 1.00 bits per heavy atom. The second-order valence-electron chi connectivity index (χ2n) is 5.58. The highest BCUT2D eigenvalue weighted by Gasteiger charge is 2.20. The number of likely N-dealkylation sites (tertiary alicyclic amines) is 1. The maximum absolute atomic E-state index is 13.8. The minimum absolute atomic E-state index is 0.0213. The Labute approximate surface area is 133 Å². The lowest BCUT2D eigenvalue weighted by molar-refractivity contribution is 0.0691. The van der Waals surface area contributed by atoms with Crippen molar-refractivity contribution in [1.29, 1.82) is 0 Å². The molecule has 0 spiro atoms. The first-order valence-corrected chi connectivity index (χ1v) is 7.49. The second-order valence-corrected chi connectivity index (χ2v) is 5.58. The minimum Gasteiger partial charge on any atom is -0.478 e. The summed E-state index contributed by atoms with van der Waals surface area (Å²) < 4.78 is 13.8. The fourth-order valence-electron chi connectivity index (χ4n) is 2.80. The lowest BCUT2D eigenvalue weighted by Crippen LogP contribution is -2.27. The summed E-state index contributed by atoms with van der Waals surface area (Å²) in [7, 11) is 0. The highest BCUT2D eigenvalue weighted by atomic mass is 19.1. The SMILES string of the molecule is O=C(O)c1ccc(-c2cccc(C(=O)N3CCCC3)c2)cc1F. The Morgan fingerprint density at radius 2 is 1.70 bits per heavy atom. The molecule has 1 aliphatic heterocycles. The van der Waals surface area contributed by atoms with Crippen LogP contribution in [0, 0.1) is 5.82 Å². The molecule has 118 valence electrons. The predicted octanol–water partition coefficient (Wildman–Crippen LogP) is 3.43. The van der Waals surface area contributed by atoms with Crippen LogP contribution in [0.15, 0.2) is 42.5 Å². The monoisotopic (exact) mass is 313 g/mol. The Morgan fingerprint density at radius 3 is 2.35 bits per heavy atom. The van der Waals surface area contributed by atoms with Crippen LogP contribution in [0.1, 0.15) is 33.6 Å². The van der Waals surface area contributed by atoms with Gasteiger partial charge in [-0.25, -0.2) is 9.18 Å². The van der Waals surface area contributed by atoms with Crippen LogP contribution >= 0.6 is 0 Å². The zero-order valence-electron chi connectivity index (χ0n) is 12.5. The average molecular weight is 313 g/mol. The van der Waals surface area contributed by atoms with E-state index in [1.165, 1.54) is 12.1 Å².